The molecule has 1 aliphatic rings. The van der Waals surface area contributed by atoms with Crippen LogP contribution in [-0.4, -0.2) is 50.0 Å². The molecule has 0 spiro atoms. The summed E-state index contributed by atoms with van der Waals surface area (Å²) in [6.45, 7) is 1.36. The number of likely N-dealkylation sites (tertiary alicyclic amines) is 1. The Morgan fingerprint density at radius 3 is 2.74 bits per heavy atom. The minimum atomic E-state index is 0.0418. The van der Waals surface area contributed by atoms with Crippen molar-refractivity contribution in [3.05, 3.63) is 59.1 Å². The highest BCUT2D eigenvalue weighted by Crippen LogP contribution is 2.18. The molecule has 0 N–H and O–H groups in total. The lowest BCUT2D eigenvalue weighted by Crippen LogP contribution is -2.41. The van der Waals surface area contributed by atoms with Gasteiger partial charge in [0.05, 0.1) is 0 Å². The minimum absolute atomic E-state index is 0.0418. The number of nitrogens with zero attached hydrogens (tertiary/aromatic N) is 5. The van der Waals surface area contributed by atoms with Crippen LogP contribution < -0.4 is 4.74 Å². The smallest absolute Gasteiger partial charge is 0.246 e. The van der Waals surface area contributed by atoms with Gasteiger partial charge in [0.2, 0.25) is 11.8 Å². The summed E-state index contributed by atoms with van der Waals surface area (Å²) in [5.41, 5.74) is 0. The Hall–Kier alpha value is -3.00. The Morgan fingerprint density at radius 1 is 1.19 bits per heavy atom. The average molecular weight is 381 g/mol. The van der Waals surface area contributed by atoms with Crippen molar-refractivity contribution in [1.82, 2.24) is 24.9 Å². The molecule has 8 heteroatoms. The van der Waals surface area contributed by atoms with Crippen molar-refractivity contribution in [2.45, 2.75) is 18.9 Å². The van der Waals surface area contributed by atoms with Crippen molar-refractivity contribution < 1.29 is 9.53 Å². The standard InChI is InChI=1S/C19H19N5O2S/c25-19(7-4-16-3-1-14-27-16)23-12-8-15(9-13-23)26-18-6-5-17(21-22-18)24-11-2-10-20-24/h1-7,10-11,14-15H,8-9,12-13H2/b7-4+. The first kappa shape index (κ1) is 17.4. The summed E-state index contributed by atoms with van der Waals surface area (Å²) in [7, 11) is 0. The lowest BCUT2D eigenvalue weighted by atomic mass is 10.1. The molecule has 1 amide bonds. The zero-order valence-corrected chi connectivity index (χ0v) is 15.5. The van der Waals surface area contributed by atoms with Gasteiger partial charge in [0.25, 0.3) is 0 Å². The van der Waals surface area contributed by atoms with E-state index in [0.717, 1.165) is 17.7 Å². The molecular weight excluding hydrogens is 362 g/mol. The largest absolute Gasteiger partial charge is 0.473 e. The number of hydrogen-bond donors (Lipinski definition) is 0. The molecule has 1 fully saturated rings. The van der Waals surface area contributed by atoms with E-state index in [1.165, 1.54) is 0 Å². The van der Waals surface area contributed by atoms with E-state index in [0.29, 0.717) is 24.8 Å². The van der Waals surface area contributed by atoms with Gasteiger partial charge in [-0.1, -0.05) is 6.07 Å². The van der Waals surface area contributed by atoms with Gasteiger partial charge in [-0.15, -0.1) is 21.5 Å². The predicted octanol–water partition coefficient (Wildman–Crippen LogP) is 2.81. The molecule has 7 nitrogen and oxygen atoms in total. The van der Waals surface area contributed by atoms with Gasteiger partial charge in [-0.25, -0.2) is 4.68 Å². The molecule has 0 aromatic carbocycles. The Bertz CT molecular complexity index is 883. The number of piperidine rings is 1. The lowest BCUT2D eigenvalue weighted by molar-refractivity contribution is -0.127. The topological polar surface area (TPSA) is 73.1 Å². The summed E-state index contributed by atoms with van der Waals surface area (Å²) >= 11 is 1.62. The normalized spacial score (nSPS) is 15.3. The Morgan fingerprint density at radius 2 is 2.07 bits per heavy atom. The van der Waals surface area contributed by atoms with E-state index in [2.05, 4.69) is 15.3 Å². The van der Waals surface area contributed by atoms with Gasteiger partial charge in [-0.05, 0) is 29.7 Å². The summed E-state index contributed by atoms with van der Waals surface area (Å²) in [5, 5.41) is 14.4. The van der Waals surface area contributed by atoms with Crippen LogP contribution in [0.15, 0.2) is 54.2 Å². The molecule has 4 rings (SSSR count). The van der Waals surface area contributed by atoms with Crippen molar-refractivity contribution in [3.8, 4) is 11.7 Å². The zero-order chi connectivity index (χ0) is 18.5. The summed E-state index contributed by atoms with van der Waals surface area (Å²) in [6.07, 6.45) is 8.61. The number of hydrogen-bond acceptors (Lipinski definition) is 6. The molecule has 0 bridgehead atoms. The fourth-order valence-electron chi connectivity index (χ4n) is 2.91. The lowest BCUT2D eigenvalue weighted by Gasteiger charge is -2.31. The quantitative estimate of drug-likeness (QED) is 0.636. The number of ether oxygens (including phenoxy) is 1. The number of carbonyl (C=O) groups is 1. The van der Waals surface area contributed by atoms with E-state index < -0.39 is 0 Å². The first-order chi connectivity index (χ1) is 13.3. The molecule has 0 atom stereocenters. The van der Waals surface area contributed by atoms with Gasteiger partial charge >= 0.3 is 0 Å². The first-order valence-electron chi connectivity index (χ1n) is 8.79. The van der Waals surface area contributed by atoms with Gasteiger partial charge in [-0.2, -0.15) is 5.10 Å². The fourth-order valence-corrected chi connectivity index (χ4v) is 3.53. The molecule has 3 aromatic rings. The minimum Gasteiger partial charge on any atom is -0.473 e. The maximum absolute atomic E-state index is 12.3. The third-order valence-electron chi connectivity index (χ3n) is 4.34. The summed E-state index contributed by atoms with van der Waals surface area (Å²) in [5.74, 6) is 1.18. The van der Waals surface area contributed by atoms with Crippen molar-refractivity contribution >= 4 is 23.3 Å². The van der Waals surface area contributed by atoms with Crippen LogP contribution in [0.2, 0.25) is 0 Å². The third kappa shape index (κ3) is 4.40. The Kier molecular flexibility index (Phi) is 5.24. The molecule has 3 aromatic heterocycles. The van der Waals surface area contributed by atoms with Crippen molar-refractivity contribution in [3.63, 3.8) is 0 Å². The molecule has 0 aliphatic carbocycles. The molecular formula is C19H19N5O2S. The van der Waals surface area contributed by atoms with Crippen LogP contribution in [-0.2, 0) is 4.79 Å². The van der Waals surface area contributed by atoms with Crippen LogP contribution in [0.4, 0.5) is 0 Å². The van der Waals surface area contributed by atoms with Gasteiger partial charge in [0, 0.05) is 55.3 Å². The summed E-state index contributed by atoms with van der Waals surface area (Å²) in [6, 6.07) is 9.42. The molecule has 1 aliphatic heterocycles. The molecule has 138 valence electrons. The SMILES string of the molecule is O=C(/C=C/c1cccs1)N1CCC(Oc2ccc(-n3cccn3)nn2)CC1. The van der Waals surface area contributed by atoms with Gasteiger partial charge in [-0.3, -0.25) is 4.79 Å². The van der Waals surface area contributed by atoms with Crippen LogP contribution in [0.25, 0.3) is 11.9 Å². The number of aromatic nitrogens is 4. The van der Waals surface area contributed by atoms with Gasteiger partial charge < -0.3 is 9.64 Å². The first-order valence-corrected chi connectivity index (χ1v) is 9.67. The van der Waals surface area contributed by atoms with E-state index >= 15 is 0 Å². The second kappa shape index (κ2) is 8.13. The number of carbonyl (C=O) groups excluding carboxylic acids is 1. The molecule has 4 heterocycles. The van der Waals surface area contributed by atoms with Crippen molar-refractivity contribution in [2.75, 3.05) is 13.1 Å². The van der Waals surface area contributed by atoms with E-state index in [-0.39, 0.29) is 12.0 Å². The van der Waals surface area contributed by atoms with Gasteiger partial charge in [0.1, 0.15) is 6.10 Å². The highest BCUT2D eigenvalue weighted by atomic mass is 32.1. The van der Waals surface area contributed by atoms with Crippen LogP contribution in [0, 0.1) is 0 Å². The van der Waals surface area contributed by atoms with Gasteiger partial charge in [0.15, 0.2) is 5.82 Å². The highest BCUT2D eigenvalue weighted by Gasteiger charge is 2.23. The number of thiophene rings is 1. The number of rotatable bonds is 5. The van der Waals surface area contributed by atoms with Crippen LogP contribution >= 0.6 is 11.3 Å². The van der Waals surface area contributed by atoms with Crippen molar-refractivity contribution in [2.24, 2.45) is 0 Å². The van der Waals surface area contributed by atoms with E-state index in [1.54, 1.807) is 34.4 Å². The second-order valence-corrected chi connectivity index (χ2v) is 7.15. The molecule has 1 saturated heterocycles. The van der Waals surface area contributed by atoms with E-state index in [1.807, 2.05) is 46.8 Å². The van der Waals surface area contributed by atoms with Crippen LogP contribution in [0.3, 0.4) is 0 Å². The zero-order valence-electron chi connectivity index (χ0n) is 14.6. The van der Waals surface area contributed by atoms with E-state index in [9.17, 15) is 4.79 Å². The third-order valence-corrected chi connectivity index (χ3v) is 5.18. The highest BCUT2D eigenvalue weighted by molar-refractivity contribution is 7.10. The Balaban J connectivity index is 1.27. The maximum atomic E-state index is 12.3. The van der Waals surface area contributed by atoms with E-state index in [4.69, 9.17) is 4.74 Å². The summed E-state index contributed by atoms with van der Waals surface area (Å²) in [4.78, 5) is 15.2. The molecule has 0 saturated carbocycles. The summed E-state index contributed by atoms with van der Waals surface area (Å²) < 4.78 is 7.56. The maximum Gasteiger partial charge on any atom is 0.246 e. The second-order valence-electron chi connectivity index (χ2n) is 6.17. The fraction of sp³-hybridized carbons (Fsp3) is 0.263. The predicted molar refractivity (Wildman–Crippen MR) is 103 cm³/mol. The molecule has 27 heavy (non-hydrogen) atoms. The average Bonchev–Trinajstić information content (AvgIpc) is 3.41. The number of amides is 1. The van der Waals surface area contributed by atoms with Crippen LogP contribution in [0.1, 0.15) is 17.7 Å². The molecule has 0 radical (unpaired) electrons. The molecule has 0 unspecified atom stereocenters. The Labute approximate surface area is 160 Å². The monoisotopic (exact) mass is 381 g/mol. The van der Waals surface area contributed by atoms with Crippen molar-refractivity contribution in [1.29, 1.82) is 0 Å². The van der Waals surface area contributed by atoms with Crippen LogP contribution in [0.5, 0.6) is 5.88 Å².